The van der Waals surface area contributed by atoms with Gasteiger partial charge in [0.25, 0.3) is 0 Å². The smallest absolute Gasteiger partial charge is 0.237 e. The lowest BCUT2D eigenvalue weighted by Gasteiger charge is -2.40. The number of hydrogen-bond donors (Lipinski definition) is 1. The Kier molecular flexibility index (Phi) is 6.17. The van der Waals surface area contributed by atoms with Gasteiger partial charge in [-0.25, -0.2) is 0 Å². The first-order valence-corrected chi connectivity index (χ1v) is 9.78. The van der Waals surface area contributed by atoms with Crippen LogP contribution in [-0.4, -0.2) is 53.3 Å². The molecule has 7 heteroatoms. The topological polar surface area (TPSA) is 89.6 Å². The maximum absolute atomic E-state index is 12.9. The SMILES string of the molecule is CN(C(=O)CN1CCCC1C(=O)NCc1ccco1)C1(C#N)CCCCC1. The van der Waals surface area contributed by atoms with Crippen molar-refractivity contribution in [2.45, 2.75) is 63.1 Å². The Labute approximate surface area is 160 Å². The van der Waals surface area contributed by atoms with Gasteiger partial charge in [-0.3, -0.25) is 14.5 Å². The highest BCUT2D eigenvalue weighted by atomic mass is 16.3. The van der Waals surface area contributed by atoms with Crippen molar-refractivity contribution in [3.8, 4) is 6.07 Å². The third-order valence-corrected chi connectivity index (χ3v) is 5.93. The van der Waals surface area contributed by atoms with Crippen molar-refractivity contribution in [3.63, 3.8) is 0 Å². The van der Waals surface area contributed by atoms with E-state index >= 15 is 0 Å². The minimum atomic E-state index is -0.688. The second-order valence-corrected chi connectivity index (χ2v) is 7.58. The second kappa shape index (κ2) is 8.57. The summed E-state index contributed by atoms with van der Waals surface area (Å²) in [7, 11) is 1.74. The van der Waals surface area contributed by atoms with Crippen LogP contribution < -0.4 is 5.32 Å². The molecule has 2 aliphatic rings. The van der Waals surface area contributed by atoms with Crippen LogP contribution in [0.15, 0.2) is 22.8 Å². The van der Waals surface area contributed by atoms with Gasteiger partial charge >= 0.3 is 0 Å². The van der Waals surface area contributed by atoms with Crippen LogP contribution in [0.4, 0.5) is 0 Å². The summed E-state index contributed by atoms with van der Waals surface area (Å²) in [5.74, 6) is 0.549. The number of hydrogen-bond acceptors (Lipinski definition) is 5. The van der Waals surface area contributed by atoms with E-state index in [2.05, 4.69) is 11.4 Å². The summed E-state index contributed by atoms with van der Waals surface area (Å²) in [5, 5.41) is 12.6. The van der Waals surface area contributed by atoms with E-state index in [1.807, 2.05) is 11.0 Å². The Bertz CT molecular complexity index is 689. The normalized spacial score (nSPS) is 22.1. The van der Waals surface area contributed by atoms with Crippen molar-refractivity contribution in [1.82, 2.24) is 15.1 Å². The number of nitrogens with zero attached hydrogens (tertiary/aromatic N) is 3. The van der Waals surface area contributed by atoms with Gasteiger partial charge in [-0.1, -0.05) is 19.3 Å². The summed E-state index contributed by atoms with van der Waals surface area (Å²) < 4.78 is 5.24. The molecule has 2 heterocycles. The highest BCUT2D eigenvalue weighted by molar-refractivity contribution is 5.84. The molecule has 27 heavy (non-hydrogen) atoms. The van der Waals surface area contributed by atoms with Crippen molar-refractivity contribution in [3.05, 3.63) is 24.2 Å². The first-order chi connectivity index (χ1) is 13.1. The molecule has 0 bridgehead atoms. The lowest BCUT2D eigenvalue weighted by Crippen LogP contribution is -2.54. The predicted octanol–water partition coefficient (Wildman–Crippen LogP) is 2.05. The Morgan fingerprint density at radius 1 is 1.37 bits per heavy atom. The first kappa shape index (κ1) is 19.4. The van der Waals surface area contributed by atoms with Crippen LogP contribution in [0.5, 0.6) is 0 Å². The average molecular weight is 372 g/mol. The number of amides is 2. The van der Waals surface area contributed by atoms with Gasteiger partial charge in [-0.2, -0.15) is 5.26 Å². The van der Waals surface area contributed by atoms with E-state index in [-0.39, 0.29) is 24.4 Å². The van der Waals surface area contributed by atoms with Crippen molar-refractivity contribution in [1.29, 1.82) is 5.26 Å². The van der Waals surface area contributed by atoms with E-state index in [4.69, 9.17) is 4.42 Å². The second-order valence-electron chi connectivity index (χ2n) is 7.58. The lowest BCUT2D eigenvalue weighted by atomic mass is 9.81. The van der Waals surface area contributed by atoms with Gasteiger partial charge in [0.2, 0.25) is 11.8 Å². The maximum atomic E-state index is 12.9. The predicted molar refractivity (Wildman–Crippen MR) is 99.3 cm³/mol. The molecule has 1 saturated heterocycles. The number of carbonyl (C=O) groups is 2. The zero-order chi connectivity index (χ0) is 19.3. The number of likely N-dealkylation sites (tertiary alicyclic amines) is 1. The fraction of sp³-hybridized carbons (Fsp3) is 0.650. The van der Waals surface area contributed by atoms with Gasteiger partial charge in [0.15, 0.2) is 0 Å². The molecule has 1 aromatic heterocycles. The van der Waals surface area contributed by atoms with Crippen LogP contribution in [-0.2, 0) is 16.1 Å². The summed E-state index contributed by atoms with van der Waals surface area (Å²) in [4.78, 5) is 29.0. The number of furan rings is 1. The van der Waals surface area contributed by atoms with Crippen LogP contribution in [0.1, 0.15) is 50.7 Å². The van der Waals surface area contributed by atoms with Gasteiger partial charge in [-0.05, 0) is 44.4 Å². The van der Waals surface area contributed by atoms with E-state index in [9.17, 15) is 14.9 Å². The molecule has 0 aromatic carbocycles. The van der Waals surface area contributed by atoms with Gasteiger partial charge in [0.1, 0.15) is 11.3 Å². The van der Waals surface area contributed by atoms with E-state index < -0.39 is 5.54 Å². The molecule has 1 saturated carbocycles. The molecule has 0 spiro atoms. The lowest BCUT2D eigenvalue weighted by molar-refractivity contribution is -0.137. The molecule has 7 nitrogen and oxygen atoms in total. The highest BCUT2D eigenvalue weighted by Crippen LogP contribution is 2.32. The first-order valence-electron chi connectivity index (χ1n) is 9.78. The van der Waals surface area contributed by atoms with E-state index in [0.29, 0.717) is 12.3 Å². The average Bonchev–Trinajstić information content (AvgIpc) is 3.38. The fourth-order valence-electron chi connectivity index (χ4n) is 4.19. The molecule has 1 aliphatic carbocycles. The quantitative estimate of drug-likeness (QED) is 0.825. The molecule has 2 amide bonds. The van der Waals surface area contributed by atoms with E-state index in [0.717, 1.165) is 51.5 Å². The molecular formula is C20H28N4O3. The summed E-state index contributed by atoms with van der Waals surface area (Å²) in [6.07, 6.45) is 7.75. The Balaban J connectivity index is 1.57. The standard InChI is InChI=1S/C20H28N4O3/c1-23(20(15-21)9-3-2-4-10-20)18(25)14-24-11-5-8-17(24)19(26)22-13-16-7-6-12-27-16/h6-7,12,17H,2-5,8-11,13-14H2,1H3,(H,22,26). The molecule has 1 unspecified atom stereocenters. The highest BCUT2D eigenvalue weighted by Gasteiger charge is 2.40. The van der Waals surface area contributed by atoms with Crippen molar-refractivity contribution in [2.24, 2.45) is 0 Å². The third kappa shape index (κ3) is 4.33. The molecule has 146 valence electrons. The zero-order valence-corrected chi connectivity index (χ0v) is 15.9. The Hall–Kier alpha value is -2.33. The number of carbonyl (C=O) groups excluding carboxylic acids is 2. The Morgan fingerprint density at radius 3 is 2.81 bits per heavy atom. The molecule has 1 atom stereocenters. The van der Waals surface area contributed by atoms with Crippen LogP contribution in [0, 0.1) is 11.3 Å². The minimum Gasteiger partial charge on any atom is -0.467 e. The third-order valence-electron chi connectivity index (χ3n) is 5.93. The van der Waals surface area contributed by atoms with Crippen molar-refractivity contribution in [2.75, 3.05) is 20.1 Å². The number of nitrogens with one attached hydrogen (secondary N) is 1. The van der Waals surface area contributed by atoms with Crippen molar-refractivity contribution >= 4 is 11.8 Å². The molecule has 1 aromatic rings. The van der Waals surface area contributed by atoms with Crippen LogP contribution >= 0.6 is 0 Å². The van der Waals surface area contributed by atoms with Crippen LogP contribution in [0.2, 0.25) is 0 Å². The van der Waals surface area contributed by atoms with Gasteiger partial charge < -0.3 is 14.6 Å². The van der Waals surface area contributed by atoms with Gasteiger partial charge in [0, 0.05) is 7.05 Å². The number of nitriles is 1. The fourth-order valence-corrected chi connectivity index (χ4v) is 4.19. The molecule has 1 N–H and O–H groups in total. The minimum absolute atomic E-state index is 0.0768. The monoisotopic (exact) mass is 372 g/mol. The molecular weight excluding hydrogens is 344 g/mol. The van der Waals surface area contributed by atoms with Crippen LogP contribution in [0.3, 0.4) is 0 Å². The zero-order valence-electron chi connectivity index (χ0n) is 15.9. The molecule has 1 aliphatic heterocycles. The molecule has 2 fully saturated rings. The molecule has 0 radical (unpaired) electrons. The number of rotatable bonds is 6. The van der Waals surface area contributed by atoms with Crippen molar-refractivity contribution < 1.29 is 14.0 Å². The largest absolute Gasteiger partial charge is 0.467 e. The number of likely N-dealkylation sites (N-methyl/N-ethyl adjacent to an activating group) is 1. The summed E-state index contributed by atoms with van der Waals surface area (Å²) in [5.41, 5.74) is -0.688. The van der Waals surface area contributed by atoms with Gasteiger partial charge in [0.05, 0.1) is 31.5 Å². The summed E-state index contributed by atoms with van der Waals surface area (Å²) >= 11 is 0. The Morgan fingerprint density at radius 2 is 2.15 bits per heavy atom. The maximum Gasteiger partial charge on any atom is 0.237 e. The molecule has 3 rings (SSSR count). The van der Waals surface area contributed by atoms with Crippen LogP contribution in [0.25, 0.3) is 0 Å². The van der Waals surface area contributed by atoms with E-state index in [1.165, 1.54) is 0 Å². The van der Waals surface area contributed by atoms with Gasteiger partial charge in [-0.15, -0.1) is 0 Å². The summed E-state index contributed by atoms with van der Waals surface area (Å²) in [6, 6.07) is 5.69. The summed E-state index contributed by atoms with van der Waals surface area (Å²) in [6.45, 7) is 1.25. The van der Waals surface area contributed by atoms with E-state index in [1.54, 1.807) is 24.3 Å².